The van der Waals surface area contributed by atoms with E-state index in [1.54, 1.807) is 0 Å². The van der Waals surface area contributed by atoms with Crippen LogP contribution in [0.25, 0.3) is 86.2 Å². The molecule has 0 aromatic heterocycles. The maximum atomic E-state index is 14.7. The molecule has 64 heavy (non-hydrogen) atoms. The molecule has 0 atom stereocenters. The van der Waals surface area contributed by atoms with Crippen LogP contribution in [0.1, 0.15) is 52.6 Å². The minimum atomic E-state index is -0.341. The third-order valence-corrected chi connectivity index (χ3v) is 15.1. The molecule has 0 aliphatic carbocycles. The van der Waals surface area contributed by atoms with Gasteiger partial charge in [0.25, 0.3) is 23.6 Å². The molecule has 0 bridgehead atoms. The number of hydrogen-bond acceptors (Lipinski definition) is 4. The van der Waals surface area contributed by atoms with E-state index < -0.39 is 0 Å². The van der Waals surface area contributed by atoms with Gasteiger partial charge >= 0.3 is 0 Å². The molecule has 0 saturated heterocycles. The summed E-state index contributed by atoms with van der Waals surface area (Å²) in [6.45, 7) is 0.434. The lowest BCUT2D eigenvalue weighted by Gasteiger charge is -2.31. The number of benzene rings is 11. The van der Waals surface area contributed by atoms with Gasteiger partial charge in [-0.2, -0.15) is 0 Å². The second-order valence-corrected chi connectivity index (χ2v) is 18.7. The zero-order chi connectivity index (χ0) is 43.1. The number of nitrogens with zero attached hydrogens (tertiary/aromatic N) is 2. The molecular weight excluding hydrogens is 924 g/mol. The molecule has 2 heterocycles. The summed E-state index contributed by atoms with van der Waals surface area (Å²) in [5.41, 5.74) is 4.05. The van der Waals surface area contributed by atoms with Gasteiger partial charge in [0.05, 0.1) is 0 Å². The SMILES string of the molecule is O=C1c2ccc3c4c(Br)cc5c6c(cc(Br)c(c7ccc(c2c37)C(=O)N1CCc1c2ccccc2cc2ccccc12)c64)C(=O)N(CCc1c2ccccc2cc2ccccc12)C5=O. The van der Waals surface area contributed by atoms with Crippen LogP contribution in [0.2, 0.25) is 0 Å². The van der Waals surface area contributed by atoms with Crippen molar-refractivity contribution >= 4 is 142 Å². The Morgan fingerprint density at radius 3 is 1.06 bits per heavy atom. The van der Waals surface area contributed by atoms with Crippen molar-refractivity contribution in [3.05, 3.63) is 188 Å². The van der Waals surface area contributed by atoms with E-state index in [1.165, 1.54) is 9.80 Å². The molecule has 0 spiro atoms. The highest BCUT2D eigenvalue weighted by atomic mass is 79.9. The van der Waals surface area contributed by atoms with Crippen LogP contribution in [0.3, 0.4) is 0 Å². The number of rotatable bonds is 6. The van der Waals surface area contributed by atoms with E-state index >= 15 is 0 Å². The maximum Gasteiger partial charge on any atom is 0.261 e. The van der Waals surface area contributed by atoms with E-state index in [4.69, 9.17) is 0 Å². The topological polar surface area (TPSA) is 74.8 Å². The summed E-state index contributed by atoms with van der Waals surface area (Å²) in [6, 6.07) is 48.6. The molecule has 0 N–H and O–H groups in total. The summed E-state index contributed by atoms with van der Waals surface area (Å²) >= 11 is 7.77. The molecule has 304 valence electrons. The molecule has 0 unspecified atom stereocenters. The number of fused-ring (bicyclic) bond motifs is 6. The first-order valence-electron chi connectivity index (χ1n) is 21.4. The van der Waals surface area contributed by atoms with Crippen molar-refractivity contribution in [1.29, 1.82) is 0 Å². The van der Waals surface area contributed by atoms with E-state index in [0.29, 0.717) is 54.8 Å². The van der Waals surface area contributed by atoms with Gasteiger partial charge in [-0.25, -0.2) is 0 Å². The van der Waals surface area contributed by atoms with Gasteiger partial charge in [-0.15, -0.1) is 0 Å². The van der Waals surface area contributed by atoms with Crippen LogP contribution in [-0.4, -0.2) is 46.5 Å². The highest BCUT2D eigenvalue weighted by Gasteiger charge is 2.38. The predicted octanol–water partition coefficient (Wildman–Crippen LogP) is 13.6. The quantitative estimate of drug-likeness (QED) is 0.0945. The summed E-state index contributed by atoms with van der Waals surface area (Å²) in [5.74, 6) is -1.34. The van der Waals surface area contributed by atoms with Crippen LogP contribution in [0.5, 0.6) is 0 Å². The molecule has 0 radical (unpaired) electrons. The fraction of sp³-hybridized carbons (Fsp3) is 0.0714. The molecule has 4 amide bonds. The minimum absolute atomic E-state index is 0.209. The second kappa shape index (κ2) is 13.7. The normalized spacial score (nSPS) is 14.1. The number of halogens is 2. The molecule has 2 aliphatic heterocycles. The summed E-state index contributed by atoms with van der Waals surface area (Å²) in [4.78, 5) is 61.3. The van der Waals surface area contributed by atoms with Gasteiger partial charge in [0.2, 0.25) is 0 Å². The van der Waals surface area contributed by atoms with Gasteiger partial charge in [0, 0.05) is 71.2 Å². The monoisotopic (exact) mass is 954 g/mol. The lowest BCUT2D eigenvalue weighted by molar-refractivity contribution is 0.0597. The van der Waals surface area contributed by atoms with Gasteiger partial charge in [-0.05, 0) is 120 Å². The van der Waals surface area contributed by atoms with Crippen LogP contribution < -0.4 is 0 Å². The second-order valence-electron chi connectivity index (χ2n) is 17.0. The fourth-order valence-corrected chi connectivity index (χ4v) is 12.4. The smallest absolute Gasteiger partial charge is 0.261 e. The van der Waals surface area contributed by atoms with Crippen LogP contribution in [-0.2, 0) is 12.8 Å². The zero-order valence-electron chi connectivity index (χ0n) is 34.0. The number of carbonyl (C=O) groups is 4. The first-order chi connectivity index (χ1) is 31.3. The van der Waals surface area contributed by atoms with Crippen LogP contribution in [0.4, 0.5) is 0 Å². The summed E-state index contributed by atoms with van der Waals surface area (Å²) < 4.78 is 1.37. The van der Waals surface area contributed by atoms with Crippen molar-refractivity contribution in [1.82, 2.24) is 9.80 Å². The molecule has 0 fully saturated rings. The summed E-state index contributed by atoms with van der Waals surface area (Å²) in [7, 11) is 0. The van der Waals surface area contributed by atoms with Crippen LogP contribution in [0.15, 0.2) is 155 Å². The van der Waals surface area contributed by atoms with Crippen LogP contribution in [0, 0.1) is 0 Å². The summed E-state index contributed by atoms with van der Waals surface area (Å²) in [6.07, 6.45) is 0.994. The Kier molecular flexibility index (Phi) is 8.07. The lowest BCUT2D eigenvalue weighted by atomic mass is 9.82. The number of hydrogen-bond donors (Lipinski definition) is 0. The largest absolute Gasteiger partial charge is 0.274 e. The highest BCUT2D eigenvalue weighted by Crippen LogP contribution is 2.50. The molecule has 11 aromatic rings. The Morgan fingerprint density at radius 1 is 0.328 bits per heavy atom. The number of amides is 4. The third kappa shape index (κ3) is 5.12. The van der Waals surface area contributed by atoms with E-state index in [2.05, 4.69) is 92.5 Å². The Bertz CT molecular complexity index is 3750. The minimum Gasteiger partial charge on any atom is -0.274 e. The Labute approximate surface area is 382 Å². The Morgan fingerprint density at radius 2 is 0.672 bits per heavy atom. The molecule has 13 rings (SSSR count). The average Bonchev–Trinajstić information content (AvgIpc) is 3.31. The van der Waals surface area contributed by atoms with Crippen molar-refractivity contribution in [2.75, 3.05) is 13.1 Å². The zero-order valence-corrected chi connectivity index (χ0v) is 37.1. The molecular formula is C56H32Br2N2O4. The molecule has 6 nitrogen and oxygen atoms in total. The van der Waals surface area contributed by atoms with Gasteiger partial charge < -0.3 is 0 Å². The third-order valence-electron chi connectivity index (χ3n) is 13.8. The number of carbonyl (C=O) groups excluding carboxylic acids is 4. The van der Waals surface area contributed by atoms with Gasteiger partial charge in [0.1, 0.15) is 0 Å². The van der Waals surface area contributed by atoms with Crippen molar-refractivity contribution in [2.24, 2.45) is 0 Å². The Hall–Kier alpha value is -7.00. The van der Waals surface area contributed by atoms with E-state index in [-0.39, 0.29) is 36.7 Å². The van der Waals surface area contributed by atoms with Gasteiger partial charge in [-0.3, -0.25) is 29.0 Å². The van der Waals surface area contributed by atoms with Crippen molar-refractivity contribution < 1.29 is 19.2 Å². The molecule has 11 aromatic carbocycles. The molecule has 0 saturated carbocycles. The van der Waals surface area contributed by atoms with Crippen molar-refractivity contribution in [3.8, 4) is 0 Å². The van der Waals surface area contributed by atoms with Crippen molar-refractivity contribution in [2.45, 2.75) is 12.8 Å². The van der Waals surface area contributed by atoms with Crippen molar-refractivity contribution in [3.63, 3.8) is 0 Å². The standard InChI is InChI=1S/C56H32Br2N2O4/c57-45-27-43-49-44(56(64)60(55(43)63)24-22-38-35-15-7-3-11-31(35)26-32-12-4-8-16-36(32)38)28-46(58)51-40-18-20-42-48-41(19-17-39(47(40)48)50(45)52(49)51)53(61)59(54(42)62)23-21-37-33-13-5-1-9-29(33)25-30-10-2-6-14-34(30)37/h1-20,25-28H,21-24H2. The Balaban J connectivity index is 0.916. The van der Waals surface area contributed by atoms with Gasteiger partial charge in [0.15, 0.2) is 0 Å². The first kappa shape index (κ1) is 37.5. The first-order valence-corrected chi connectivity index (χ1v) is 23.0. The average molecular weight is 957 g/mol. The fourth-order valence-electron chi connectivity index (χ4n) is 11.1. The van der Waals surface area contributed by atoms with Crippen LogP contribution >= 0.6 is 31.9 Å². The predicted molar refractivity (Wildman–Crippen MR) is 264 cm³/mol. The lowest BCUT2D eigenvalue weighted by Crippen LogP contribution is -2.41. The van der Waals surface area contributed by atoms with Gasteiger partial charge in [-0.1, -0.05) is 141 Å². The highest BCUT2D eigenvalue weighted by molar-refractivity contribution is 9.11. The number of imide groups is 2. The van der Waals surface area contributed by atoms with E-state index in [1.807, 2.05) is 84.9 Å². The van der Waals surface area contributed by atoms with E-state index in [0.717, 1.165) is 86.5 Å². The maximum absolute atomic E-state index is 14.7. The summed E-state index contributed by atoms with van der Waals surface area (Å²) in [5, 5.41) is 15.0. The molecule has 2 aliphatic rings. The molecule has 8 heteroatoms. The van der Waals surface area contributed by atoms with E-state index in [9.17, 15) is 19.2 Å².